The zero-order chi connectivity index (χ0) is 16.5. The van der Waals surface area contributed by atoms with Crippen LogP contribution in [0.4, 0.5) is 0 Å². The molecule has 1 amide bonds. The van der Waals surface area contributed by atoms with Crippen molar-refractivity contribution < 1.29 is 19.0 Å². The summed E-state index contributed by atoms with van der Waals surface area (Å²) in [7, 11) is 1.64. The zero-order valence-corrected chi connectivity index (χ0v) is 15.3. The van der Waals surface area contributed by atoms with Crippen molar-refractivity contribution in [3.05, 3.63) is 17.7 Å². The van der Waals surface area contributed by atoms with Crippen LogP contribution in [0.2, 0.25) is 0 Å². The third kappa shape index (κ3) is 3.96. The maximum Gasteiger partial charge on any atom is 0.231 e. The number of halogens is 1. The van der Waals surface area contributed by atoms with E-state index in [1.807, 2.05) is 17.0 Å². The summed E-state index contributed by atoms with van der Waals surface area (Å²) in [6.45, 7) is 2.75. The molecular formula is C18H25ClN2O4. The van der Waals surface area contributed by atoms with Gasteiger partial charge in [-0.15, -0.1) is 12.4 Å². The molecule has 0 spiro atoms. The predicted octanol–water partition coefficient (Wildman–Crippen LogP) is 2.34. The van der Waals surface area contributed by atoms with Crippen molar-refractivity contribution in [2.24, 2.45) is 5.92 Å². The number of nitrogens with one attached hydrogen (secondary N) is 1. The Labute approximate surface area is 154 Å². The van der Waals surface area contributed by atoms with Crippen LogP contribution in [0.15, 0.2) is 12.1 Å². The van der Waals surface area contributed by atoms with E-state index < -0.39 is 0 Å². The van der Waals surface area contributed by atoms with E-state index in [1.165, 1.54) is 0 Å². The third-order valence-electron chi connectivity index (χ3n) is 5.05. The summed E-state index contributed by atoms with van der Waals surface area (Å²) in [6.07, 6.45) is 4.20. The summed E-state index contributed by atoms with van der Waals surface area (Å²) in [4.78, 5) is 14.1. The van der Waals surface area contributed by atoms with E-state index in [9.17, 15) is 4.79 Å². The van der Waals surface area contributed by atoms with Crippen LogP contribution in [0.25, 0.3) is 0 Å². The minimum Gasteiger partial charge on any atom is -0.493 e. The number of carbonyl (C=O) groups is 1. The topological polar surface area (TPSA) is 60.0 Å². The van der Waals surface area contributed by atoms with E-state index in [0.717, 1.165) is 56.6 Å². The molecule has 0 aromatic heterocycles. The lowest BCUT2D eigenvalue weighted by atomic mass is 10.0. The van der Waals surface area contributed by atoms with Crippen molar-refractivity contribution in [3.63, 3.8) is 0 Å². The van der Waals surface area contributed by atoms with E-state index in [-0.39, 0.29) is 19.2 Å². The number of likely N-dealkylation sites (tertiary alicyclic amines) is 1. The fourth-order valence-electron chi connectivity index (χ4n) is 3.44. The lowest BCUT2D eigenvalue weighted by molar-refractivity contribution is -0.133. The van der Waals surface area contributed by atoms with E-state index in [0.29, 0.717) is 29.4 Å². The molecule has 25 heavy (non-hydrogen) atoms. The normalized spacial score (nSPS) is 19.5. The van der Waals surface area contributed by atoms with Crippen LogP contribution in [-0.4, -0.2) is 43.8 Å². The highest BCUT2D eigenvalue weighted by molar-refractivity contribution is 5.85. The molecule has 2 aliphatic heterocycles. The molecule has 1 aromatic rings. The first kappa shape index (κ1) is 18.1. The molecule has 0 bridgehead atoms. The minimum atomic E-state index is 0. The van der Waals surface area contributed by atoms with Gasteiger partial charge < -0.3 is 24.4 Å². The Morgan fingerprint density at radius 1 is 1.24 bits per heavy atom. The summed E-state index contributed by atoms with van der Waals surface area (Å²) in [5.74, 6) is 2.85. The van der Waals surface area contributed by atoms with Gasteiger partial charge >= 0.3 is 0 Å². The highest BCUT2D eigenvalue weighted by Crippen LogP contribution is 2.41. The quantitative estimate of drug-likeness (QED) is 0.864. The van der Waals surface area contributed by atoms with Gasteiger partial charge in [-0.05, 0) is 43.4 Å². The Hall–Kier alpha value is -1.66. The number of methoxy groups -OCH3 is 1. The molecule has 2 fully saturated rings. The Kier molecular flexibility index (Phi) is 5.59. The van der Waals surface area contributed by atoms with E-state index in [1.54, 1.807) is 7.11 Å². The molecule has 1 aliphatic carbocycles. The number of hydrogen-bond donors (Lipinski definition) is 1. The number of fused-ring (bicyclic) bond motifs is 1. The lowest BCUT2D eigenvalue weighted by Gasteiger charge is -2.32. The molecule has 3 aliphatic rings. The number of hydrogen-bond acceptors (Lipinski definition) is 5. The Morgan fingerprint density at radius 3 is 2.68 bits per heavy atom. The number of nitrogens with zero attached hydrogens (tertiary/aromatic N) is 1. The van der Waals surface area contributed by atoms with Gasteiger partial charge in [0.1, 0.15) is 0 Å². The lowest BCUT2D eigenvalue weighted by Crippen LogP contribution is -2.45. The Bertz CT molecular complexity index is 628. The number of carbonyl (C=O) groups excluding carboxylic acids is 1. The van der Waals surface area contributed by atoms with Gasteiger partial charge in [-0.2, -0.15) is 0 Å². The molecular weight excluding hydrogens is 344 g/mol. The predicted molar refractivity (Wildman–Crippen MR) is 95.5 cm³/mol. The second-order valence-corrected chi connectivity index (χ2v) is 6.79. The highest BCUT2D eigenvalue weighted by atomic mass is 35.5. The SMILES string of the molecule is COc1cc(CNC2CCN(C(=O)C3CC3)CC2)cc2c1OCO2.Cl. The fraction of sp³-hybridized carbons (Fsp3) is 0.611. The van der Waals surface area contributed by atoms with Crippen LogP contribution in [-0.2, 0) is 11.3 Å². The molecule has 0 unspecified atom stereocenters. The molecule has 138 valence electrons. The largest absolute Gasteiger partial charge is 0.493 e. The van der Waals surface area contributed by atoms with Gasteiger partial charge in [0.15, 0.2) is 11.5 Å². The second kappa shape index (κ2) is 7.70. The average Bonchev–Trinajstić information content (AvgIpc) is 3.36. The molecule has 7 heteroatoms. The summed E-state index contributed by atoms with van der Waals surface area (Å²) < 4.78 is 16.3. The monoisotopic (exact) mass is 368 g/mol. The van der Waals surface area contributed by atoms with Crippen molar-refractivity contribution in [1.29, 1.82) is 0 Å². The van der Waals surface area contributed by atoms with E-state index >= 15 is 0 Å². The fourth-order valence-corrected chi connectivity index (χ4v) is 3.44. The summed E-state index contributed by atoms with van der Waals surface area (Å²) in [5.41, 5.74) is 1.12. The van der Waals surface area contributed by atoms with E-state index in [4.69, 9.17) is 14.2 Å². The standard InChI is InChI=1S/C18H24N2O4.ClH/c1-22-15-8-12(9-16-17(15)24-11-23-16)10-19-14-4-6-20(7-5-14)18(21)13-2-3-13;/h8-9,13-14,19H,2-7,10-11H2,1H3;1H. The molecule has 0 radical (unpaired) electrons. The van der Waals surface area contributed by atoms with Crippen molar-refractivity contribution in [2.75, 3.05) is 27.0 Å². The molecule has 1 aromatic carbocycles. The van der Waals surface area contributed by atoms with Crippen LogP contribution in [0.5, 0.6) is 17.2 Å². The number of rotatable bonds is 5. The zero-order valence-electron chi connectivity index (χ0n) is 14.5. The first-order valence-corrected chi connectivity index (χ1v) is 8.73. The van der Waals surface area contributed by atoms with Gasteiger partial charge in [0.25, 0.3) is 0 Å². The van der Waals surface area contributed by atoms with Crippen molar-refractivity contribution >= 4 is 18.3 Å². The maximum absolute atomic E-state index is 12.1. The van der Waals surface area contributed by atoms with Gasteiger partial charge in [-0.3, -0.25) is 4.79 Å². The molecule has 1 saturated carbocycles. The van der Waals surface area contributed by atoms with Crippen molar-refractivity contribution in [3.8, 4) is 17.2 Å². The summed E-state index contributed by atoms with van der Waals surface area (Å²) in [5, 5.41) is 3.59. The average molecular weight is 369 g/mol. The van der Waals surface area contributed by atoms with Gasteiger partial charge in [0.2, 0.25) is 18.4 Å². The van der Waals surface area contributed by atoms with Crippen LogP contribution in [0.3, 0.4) is 0 Å². The van der Waals surface area contributed by atoms with E-state index in [2.05, 4.69) is 5.32 Å². The second-order valence-electron chi connectivity index (χ2n) is 6.79. The number of piperidine rings is 1. The smallest absolute Gasteiger partial charge is 0.231 e. The van der Waals surface area contributed by atoms with Crippen molar-refractivity contribution in [1.82, 2.24) is 10.2 Å². The minimum absolute atomic E-state index is 0. The van der Waals surface area contributed by atoms with Crippen LogP contribution in [0.1, 0.15) is 31.2 Å². The highest BCUT2D eigenvalue weighted by Gasteiger charge is 2.34. The number of benzene rings is 1. The first-order chi connectivity index (χ1) is 11.7. The van der Waals surface area contributed by atoms with Crippen LogP contribution < -0.4 is 19.5 Å². The summed E-state index contributed by atoms with van der Waals surface area (Å²) >= 11 is 0. The molecule has 0 atom stereocenters. The number of ether oxygens (including phenoxy) is 3. The molecule has 6 nitrogen and oxygen atoms in total. The van der Waals surface area contributed by atoms with Gasteiger partial charge in [0.05, 0.1) is 7.11 Å². The first-order valence-electron chi connectivity index (χ1n) is 8.73. The van der Waals surface area contributed by atoms with Gasteiger partial charge in [-0.25, -0.2) is 0 Å². The van der Waals surface area contributed by atoms with Gasteiger partial charge in [-0.1, -0.05) is 0 Å². The van der Waals surface area contributed by atoms with Crippen molar-refractivity contribution in [2.45, 2.75) is 38.3 Å². The molecule has 4 rings (SSSR count). The Morgan fingerprint density at radius 2 is 2.00 bits per heavy atom. The van der Waals surface area contributed by atoms with Crippen LogP contribution in [0, 0.1) is 5.92 Å². The molecule has 2 heterocycles. The Balaban J connectivity index is 0.00000182. The van der Waals surface area contributed by atoms with Crippen LogP contribution >= 0.6 is 12.4 Å². The maximum atomic E-state index is 12.1. The molecule has 1 N–H and O–H groups in total. The third-order valence-corrected chi connectivity index (χ3v) is 5.05. The molecule has 1 saturated heterocycles. The summed E-state index contributed by atoms with van der Waals surface area (Å²) in [6, 6.07) is 4.44. The van der Waals surface area contributed by atoms with Gasteiger partial charge in [0, 0.05) is 31.6 Å². The number of amides is 1.